The fourth-order valence-corrected chi connectivity index (χ4v) is 3.09. The fraction of sp³-hybridized carbons (Fsp3) is 0.182. The molecule has 10 heteroatoms. The van der Waals surface area contributed by atoms with Crippen molar-refractivity contribution in [3.63, 3.8) is 0 Å². The van der Waals surface area contributed by atoms with Crippen LogP contribution in [0.5, 0.6) is 23.1 Å². The number of fused-ring (bicyclic) bond motifs is 1. The zero-order valence-electron chi connectivity index (χ0n) is 17.7. The van der Waals surface area contributed by atoms with E-state index >= 15 is 0 Å². The smallest absolute Gasteiger partial charge is 0.351 e. The zero-order chi connectivity index (χ0) is 22.7. The molecule has 10 nitrogen and oxygen atoms in total. The molecule has 1 N–H and O–H groups in total. The van der Waals surface area contributed by atoms with E-state index in [9.17, 15) is 9.59 Å². The van der Waals surface area contributed by atoms with E-state index in [1.807, 2.05) is 25.1 Å². The number of carbonyl (C=O) groups is 1. The molecule has 4 aromatic rings. The maximum atomic E-state index is 12.7. The second kappa shape index (κ2) is 8.80. The summed E-state index contributed by atoms with van der Waals surface area (Å²) >= 11 is 0. The SMILES string of the molecule is COc1cc(NC(=O)Cn2nc3c(Oc4ccccc4C)nccn3c2=O)cc(OC)c1. The molecule has 2 heterocycles. The van der Waals surface area contributed by atoms with Gasteiger partial charge in [0.1, 0.15) is 23.8 Å². The number of nitrogens with zero attached hydrogens (tertiary/aromatic N) is 4. The van der Waals surface area contributed by atoms with Gasteiger partial charge >= 0.3 is 5.69 Å². The van der Waals surface area contributed by atoms with Crippen LogP contribution in [0.25, 0.3) is 5.65 Å². The number of anilines is 1. The number of carbonyl (C=O) groups excluding carboxylic acids is 1. The fourth-order valence-electron chi connectivity index (χ4n) is 3.09. The first-order valence-electron chi connectivity index (χ1n) is 9.69. The number of para-hydroxylation sites is 1. The number of amides is 1. The van der Waals surface area contributed by atoms with Crippen LogP contribution in [0, 0.1) is 6.92 Å². The van der Waals surface area contributed by atoms with E-state index in [4.69, 9.17) is 14.2 Å². The number of aromatic nitrogens is 4. The Morgan fingerprint density at radius 2 is 1.81 bits per heavy atom. The molecule has 0 bridgehead atoms. The number of hydrogen-bond donors (Lipinski definition) is 1. The van der Waals surface area contributed by atoms with Gasteiger partial charge in [-0.3, -0.25) is 4.79 Å². The Bertz CT molecular complexity index is 1320. The lowest BCUT2D eigenvalue weighted by Gasteiger charge is -2.09. The van der Waals surface area contributed by atoms with Gasteiger partial charge in [0.25, 0.3) is 5.88 Å². The molecule has 0 fully saturated rings. The lowest BCUT2D eigenvalue weighted by Crippen LogP contribution is -2.28. The summed E-state index contributed by atoms with van der Waals surface area (Å²) in [5, 5.41) is 6.98. The quantitative estimate of drug-likeness (QED) is 0.475. The Morgan fingerprint density at radius 1 is 1.09 bits per heavy atom. The third-order valence-corrected chi connectivity index (χ3v) is 4.70. The Balaban J connectivity index is 1.59. The van der Waals surface area contributed by atoms with Crippen molar-refractivity contribution < 1.29 is 19.0 Å². The van der Waals surface area contributed by atoms with Gasteiger partial charge in [0, 0.05) is 36.3 Å². The van der Waals surface area contributed by atoms with E-state index in [0.29, 0.717) is 22.9 Å². The summed E-state index contributed by atoms with van der Waals surface area (Å²) in [4.78, 5) is 29.5. The standard InChI is InChI=1S/C22H21N5O5/c1-14-6-4-5-7-18(14)32-21-20-25-27(22(29)26(20)9-8-23-21)13-19(28)24-15-10-16(30-2)12-17(11-15)31-3/h4-12H,13H2,1-3H3,(H,24,28). The van der Waals surface area contributed by atoms with Crippen molar-refractivity contribution in [1.29, 1.82) is 0 Å². The summed E-state index contributed by atoms with van der Waals surface area (Å²) in [6.45, 7) is 1.60. The molecule has 0 atom stereocenters. The maximum Gasteiger partial charge on any atom is 0.351 e. The zero-order valence-corrected chi connectivity index (χ0v) is 17.7. The largest absolute Gasteiger partial charge is 0.497 e. The van der Waals surface area contributed by atoms with Crippen molar-refractivity contribution in [2.75, 3.05) is 19.5 Å². The number of hydrogen-bond acceptors (Lipinski definition) is 7. The summed E-state index contributed by atoms with van der Waals surface area (Å²) in [5.74, 6) is 1.36. The van der Waals surface area contributed by atoms with E-state index in [-0.39, 0.29) is 18.1 Å². The second-order valence-electron chi connectivity index (χ2n) is 6.88. The molecular formula is C22H21N5O5. The topological polar surface area (TPSA) is 109 Å². The molecule has 164 valence electrons. The van der Waals surface area contributed by atoms with Crippen molar-refractivity contribution in [3.8, 4) is 23.1 Å². The summed E-state index contributed by atoms with van der Waals surface area (Å²) in [7, 11) is 3.03. The van der Waals surface area contributed by atoms with Crippen molar-refractivity contribution in [2.24, 2.45) is 0 Å². The molecule has 0 aliphatic rings. The molecule has 0 spiro atoms. The molecule has 1 amide bonds. The van der Waals surface area contributed by atoms with Gasteiger partial charge in [0.15, 0.2) is 0 Å². The monoisotopic (exact) mass is 435 g/mol. The Kier molecular flexibility index (Phi) is 5.75. The van der Waals surface area contributed by atoms with Gasteiger partial charge in [-0.1, -0.05) is 18.2 Å². The molecule has 0 saturated carbocycles. The highest BCUT2D eigenvalue weighted by atomic mass is 16.5. The lowest BCUT2D eigenvalue weighted by atomic mass is 10.2. The summed E-state index contributed by atoms with van der Waals surface area (Å²) < 4.78 is 18.6. The maximum absolute atomic E-state index is 12.7. The van der Waals surface area contributed by atoms with Crippen LogP contribution in [-0.4, -0.2) is 39.3 Å². The number of nitrogens with one attached hydrogen (secondary N) is 1. The first kappa shape index (κ1) is 20.9. The number of aryl methyl sites for hydroxylation is 1. The summed E-state index contributed by atoms with van der Waals surface area (Å²) in [5.41, 5.74) is 1.09. The highest BCUT2D eigenvalue weighted by Crippen LogP contribution is 2.26. The van der Waals surface area contributed by atoms with Crippen molar-refractivity contribution in [2.45, 2.75) is 13.5 Å². The Morgan fingerprint density at radius 3 is 2.50 bits per heavy atom. The molecule has 2 aromatic carbocycles. The van der Waals surface area contributed by atoms with E-state index in [1.54, 1.807) is 24.3 Å². The molecule has 0 aliphatic carbocycles. The average Bonchev–Trinajstić information content (AvgIpc) is 3.11. The minimum atomic E-state index is -0.490. The van der Waals surface area contributed by atoms with Crippen LogP contribution in [0.2, 0.25) is 0 Å². The van der Waals surface area contributed by atoms with Crippen LogP contribution in [0.3, 0.4) is 0 Å². The third-order valence-electron chi connectivity index (χ3n) is 4.70. The van der Waals surface area contributed by atoms with E-state index in [2.05, 4.69) is 15.4 Å². The molecule has 32 heavy (non-hydrogen) atoms. The number of rotatable bonds is 7. The van der Waals surface area contributed by atoms with Gasteiger partial charge in [-0.2, -0.15) is 0 Å². The van der Waals surface area contributed by atoms with E-state index in [1.165, 1.54) is 31.0 Å². The van der Waals surface area contributed by atoms with Crippen molar-refractivity contribution >= 4 is 17.2 Å². The van der Waals surface area contributed by atoms with Crippen LogP contribution < -0.4 is 25.2 Å². The van der Waals surface area contributed by atoms with Crippen LogP contribution >= 0.6 is 0 Å². The minimum Gasteiger partial charge on any atom is -0.497 e. The molecule has 0 aliphatic heterocycles. The molecule has 2 aromatic heterocycles. The number of benzene rings is 2. The van der Waals surface area contributed by atoms with Crippen LogP contribution in [0.4, 0.5) is 5.69 Å². The lowest BCUT2D eigenvalue weighted by molar-refractivity contribution is -0.117. The molecule has 4 rings (SSSR count). The molecule has 0 unspecified atom stereocenters. The predicted molar refractivity (Wildman–Crippen MR) is 117 cm³/mol. The van der Waals surface area contributed by atoms with Gasteiger partial charge < -0.3 is 19.5 Å². The van der Waals surface area contributed by atoms with Gasteiger partial charge in [-0.25, -0.2) is 18.9 Å². The van der Waals surface area contributed by atoms with Crippen LogP contribution in [0.1, 0.15) is 5.56 Å². The number of methoxy groups -OCH3 is 2. The predicted octanol–water partition coefficient (Wildman–Crippen LogP) is 2.65. The van der Waals surface area contributed by atoms with Crippen molar-refractivity contribution in [1.82, 2.24) is 19.2 Å². The molecule has 0 radical (unpaired) electrons. The van der Waals surface area contributed by atoms with Gasteiger partial charge in [-0.15, -0.1) is 5.10 Å². The summed E-state index contributed by atoms with van der Waals surface area (Å²) in [6, 6.07) is 12.4. The van der Waals surface area contributed by atoms with Gasteiger partial charge in [0.2, 0.25) is 11.6 Å². The third kappa shape index (κ3) is 4.24. The van der Waals surface area contributed by atoms with E-state index < -0.39 is 11.6 Å². The molecular weight excluding hydrogens is 414 g/mol. The van der Waals surface area contributed by atoms with Crippen LogP contribution in [0.15, 0.2) is 59.7 Å². The molecule has 0 saturated heterocycles. The second-order valence-corrected chi connectivity index (χ2v) is 6.88. The van der Waals surface area contributed by atoms with E-state index in [0.717, 1.165) is 10.2 Å². The highest BCUT2D eigenvalue weighted by Gasteiger charge is 2.16. The van der Waals surface area contributed by atoms with Crippen molar-refractivity contribution in [3.05, 3.63) is 70.9 Å². The first-order chi connectivity index (χ1) is 15.5. The normalized spacial score (nSPS) is 10.7. The van der Waals surface area contributed by atoms with Gasteiger partial charge in [0.05, 0.1) is 14.2 Å². The van der Waals surface area contributed by atoms with Gasteiger partial charge in [-0.05, 0) is 18.6 Å². The average molecular weight is 435 g/mol. The first-order valence-corrected chi connectivity index (χ1v) is 9.69. The summed E-state index contributed by atoms with van der Waals surface area (Å²) in [6.07, 6.45) is 2.91. The Hall–Kier alpha value is -4.34. The number of ether oxygens (including phenoxy) is 3. The van der Waals surface area contributed by atoms with Crippen LogP contribution in [-0.2, 0) is 11.3 Å². The highest BCUT2D eigenvalue weighted by molar-refractivity contribution is 5.91. The Labute approximate surface area is 183 Å². The minimum absolute atomic E-state index is 0.163.